The van der Waals surface area contributed by atoms with Crippen LogP contribution in [0.2, 0.25) is 0 Å². The first-order valence-electron chi connectivity index (χ1n) is 3.67. The predicted molar refractivity (Wildman–Crippen MR) is 35.6 cm³/mol. The van der Waals surface area contributed by atoms with E-state index in [1.165, 1.54) is 0 Å². The molecule has 17 heteroatoms. The molecule has 0 aliphatic rings. The van der Waals surface area contributed by atoms with Crippen LogP contribution in [0.15, 0.2) is 0 Å². The average Bonchev–Trinajstić information content (AvgIpc) is 2.10. The van der Waals surface area contributed by atoms with Gasteiger partial charge in [-0.25, -0.2) is 0 Å². The van der Waals surface area contributed by atoms with E-state index in [1.54, 1.807) is 0 Å². The summed E-state index contributed by atoms with van der Waals surface area (Å²) in [7, 11) is 0. The summed E-state index contributed by atoms with van der Waals surface area (Å²) in [5, 5.41) is 54.3. The Bertz CT molecular complexity index is 318. The van der Waals surface area contributed by atoms with Gasteiger partial charge in [0.05, 0.1) is 0 Å². The molecule has 0 aromatic rings. The van der Waals surface area contributed by atoms with Crippen LogP contribution in [0.4, 0.5) is 28.8 Å². The van der Waals surface area contributed by atoms with Crippen LogP contribution in [0.5, 0.6) is 0 Å². The minimum atomic E-state index is -2.12. The Morgan fingerprint density at radius 2 is 0.478 bits per heavy atom. The van der Waals surface area contributed by atoms with Crippen molar-refractivity contribution in [1.82, 2.24) is 0 Å². The molecule has 23 heavy (non-hydrogen) atoms. The topological polar surface area (TPSA) is 268 Å². The van der Waals surface area contributed by atoms with Gasteiger partial charge in [-0.05, 0) is 0 Å². The summed E-state index contributed by atoms with van der Waals surface area (Å²) < 4.78 is 8.58. The fraction of sp³-hybridized carbons (Fsp3) is 0. The largest absolute Gasteiger partial charge is 3.00 e. The van der Waals surface area contributed by atoms with E-state index in [-0.39, 0.29) is 39.0 Å². The molecule has 0 amide bonds. The molecular weight excluding hydrogens is 514 g/mol. The Morgan fingerprint density at radius 3 is 0.478 bits per heavy atom. The molecule has 0 atom stereocenters. The van der Waals surface area contributed by atoms with Crippen LogP contribution in [-0.4, -0.2) is 36.9 Å². The van der Waals surface area contributed by atoms with Crippen LogP contribution in [0.25, 0.3) is 0 Å². The van der Waals surface area contributed by atoms with E-state index in [1.807, 2.05) is 0 Å². The fourth-order valence-corrected chi connectivity index (χ4v) is 0.204. The number of hydrogen-bond donors (Lipinski definition) is 0. The van der Waals surface area contributed by atoms with Gasteiger partial charge >= 0.3 is 39.0 Å². The average molecular weight is 514 g/mol. The van der Waals surface area contributed by atoms with Gasteiger partial charge in [-0.2, -0.15) is 0 Å². The summed E-state index contributed by atoms with van der Waals surface area (Å²) in [5.41, 5.74) is 0. The molecule has 0 saturated carbocycles. The van der Waals surface area contributed by atoms with Gasteiger partial charge in [-0.1, -0.05) is 0 Å². The third kappa shape index (κ3) is 66.3. The molecule has 0 unspecified atom stereocenters. The van der Waals surface area contributed by atoms with E-state index in [2.05, 4.69) is 14.2 Å². The van der Waals surface area contributed by atoms with Gasteiger partial charge < -0.3 is 73.6 Å². The molecule has 0 aliphatic carbocycles. The summed E-state index contributed by atoms with van der Waals surface area (Å²) in [4.78, 5) is 54.3. The SMILES string of the molecule is O=C([O-])OC(=O)[O-].O=C([O-])OC(=O)[O-].O=C([O-])OC(=O)[O-].[Ru+3].[Ru+3]. The molecule has 0 spiro atoms. The van der Waals surface area contributed by atoms with Gasteiger partial charge in [-0.15, -0.1) is 0 Å². The summed E-state index contributed by atoms with van der Waals surface area (Å²) >= 11 is 0. The van der Waals surface area contributed by atoms with Crippen molar-refractivity contribution in [3.8, 4) is 0 Å². The Balaban J connectivity index is -0.0000000675. The molecule has 0 aliphatic heterocycles. The Kier molecular flexibility index (Phi) is 27.4. The van der Waals surface area contributed by atoms with Crippen LogP contribution >= 0.6 is 0 Å². The first-order chi connectivity index (χ1) is 9.38. The number of carbonyl (C=O) groups is 6. The Hall–Kier alpha value is -2.53. The van der Waals surface area contributed by atoms with Crippen molar-refractivity contribution in [3.63, 3.8) is 0 Å². The van der Waals surface area contributed by atoms with E-state index in [0.717, 1.165) is 0 Å². The van der Waals surface area contributed by atoms with E-state index in [9.17, 15) is 0 Å². The number of carbonyl (C=O) groups excluding carboxylic acids is 6. The second kappa shape index (κ2) is 19.5. The Morgan fingerprint density at radius 1 is 0.391 bits per heavy atom. The van der Waals surface area contributed by atoms with Crippen molar-refractivity contribution in [2.75, 3.05) is 0 Å². The van der Waals surface area contributed by atoms with E-state index in [0.29, 0.717) is 0 Å². The number of rotatable bonds is 0. The van der Waals surface area contributed by atoms with Gasteiger partial charge in [0, 0.05) is 0 Å². The second-order valence-electron chi connectivity index (χ2n) is 1.81. The van der Waals surface area contributed by atoms with E-state index in [4.69, 9.17) is 59.4 Å². The maximum atomic E-state index is 9.06. The van der Waals surface area contributed by atoms with Crippen molar-refractivity contribution in [2.24, 2.45) is 0 Å². The smallest absolute Gasteiger partial charge is 0.483 e. The second-order valence-corrected chi connectivity index (χ2v) is 1.81. The monoisotopic (exact) mass is 516 g/mol. The number of ether oxygens (including phenoxy) is 3. The molecule has 130 valence electrons. The maximum Gasteiger partial charge on any atom is 3.00 e. The molecule has 0 fully saturated rings. The zero-order chi connectivity index (χ0) is 17.6. The van der Waals surface area contributed by atoms with Crippen LogP contribution in [0.1, 0.15) is 0 Å². The van der Waals surface area contributed by atoms with Crippen molar-refractivity contribution in [1.29, 1.82) is 0 Å². The quantitative estimate of drug-likeness (QED) is 0.126. The van der Waals surface area contributed by atoms with Gasteiger partial charge in [0.25, 0.3) is 36.9 Å². The Labute approximate surface area is 149 Å². The zero-order valence-electron chi connectivity index (χ0n) is 9.83. The first-order valence-corrected chi connectivity index (χ1v) is 3.67. The molecule has 0 heterocycles. The molecule has 0 rings (SSSR count). The molecule has 0 bridgehead atoms. The minimum absolute atomic E-state index is 0. The molecule has 2 radical (unpaired) electrons. The molecule has 0 aromatic carbocycles. The predicted octanol–water partition coefficient (Wildman–Crippen LogP) is -6.94. The van der Waals surface area contributed by atoms with Gasteiger partial charge in [-0.3, -0.25) is 0 Å². The maximum absolute atomic E-state index is 9.06. The molecule has 15 nitrogen and oxygen atoms in total. The van der Waals surface area contributed by atoms with Crippen molar-refractivity contribution in [3.05, 3.63) is 0 Å². The normalized spacial score (nSPS) is 6.78. The van der Waals surface area contributed by atoms with Crippen molar-refractivity contribution >= 4 is 36.9 Å². The van der Waals surface area contributed by atoms with Crippen LogP contribution < -0.4 is 30.6 Å². The summed E-state index contributed by atoms with van der Waals surface area (Å²) in [6, 6.07) is 0. The summed E-state index contributed by atoms with van der Waals surface area (Å²) in [6.45, 7) is 0. The molecular formula is C6O15Ru2. The minimum Gasteiger partial charge on any atom is -0.483 e. The summed E-state index contributed by atoms with van der Waals surface area (Å²) in [5.74, 6) is 0. The standard InChI is InChI=1S/3C2H2O5.2Ru/c3*3-1(4)7-2(5)6;;/h3*(H,3,4)(H,5,6);;/q;;;2*+3/p-6. The van der Waals surface area contributed by atoms with Crippen LogP contribution in [-0.2, 0) is 53.2 Å². The first kappa shape index (κ1) is 32.4. The third-order valence-corrected chi connectivity index (χ3v) is 0.500. The van der Waals surface area contributed by atoms with E-state index >= 15 is 0 Å². The molecule has 0 N–H and O–H groups in total. The van der Waals surface area contributed by atoms with E-state index < -0.39 is 36.9 Å². The summed E-state index contributed by atoms with van der Waals surface area (Å²) in [6.07, 6.45) is -12.7. The van der Waals surface area contributed by atoms with Gasteiger partial charge in [0.2, 0.25) is 0 Å². The number of hydrogen-bond acceptors (Lipinski definition) is 15. The third-order valence-electron chi connectivity index (χ3n) is 0.500. The van der Waals surface area contributed by atoms with Crippen molar-refractivity contribution < 1.29 is 113 Å². The molecule has 0 saturated heterocycles. The fourth-order valence-electron chi connectivity index (χ4n) is 0.204. The van der Waals surface area contributed by atoms with Crippen molar-refractivity contribution in [2.45, 2.75) is 0 Å². The van der Waals surface area contributed by atoms with Crippen LogP contribution in [0, 0.1) is 0 Å². The van der Waals surface area contributed by atoms with Gasteiger partial charge in [0.15, 0.2) is 0 Å². The molecule has 0 aromatic heterocycles. The zero-order valence-corrected chi connectivity index (χ0v) is 13.3. The van der Waals surface area contributed by atoms with Crippen LogP contribution in [0.3, 0.4) is 0 Å². The number of carboxylic acid groups (broad SMARTS) is 6. The van der Waals surface area contributed by atoms with Gasteiger partial charge in [0.1, 0.15) is 0 Å².